The number of aromatic nitrogens is 3. The zero-order chi connectivity index (χ0) is 22.1. The molecule has 0 spiro atoms. The molecule has 1 fully saturated rings. The molecular formula is C27H30N4O. The summed E-state index contributed by atoms with van der Waals surface area (Å²) in [5.41, 5.74) is 5.15. The lowest BCUT2D eigenvalue weighted by Crippen LogP contribution is -2.27. The quantitative estimate of drug-likeness (QED) is 0.441. The predicted molar refractivity (Wildman–Crippen MR) is 130 cm³/mol. The van der Waals surface area contributed by atoms with Crippen molar-refractivity contribution in [3.05, 3.63) is 82.9 Å². The molecule has 5 rings (SSSR count). The van der Waals surface area contributed by atoms with Crippen LogP contribution in [0.25, 0.3) is 27.7 Å². The maximum atomic E-state index is 12.9. The van der Waals surface area contributed by atoms with Crippen molar-refractivity contribution in [3.8, 4) is 16.8 Å². The molecule has 0 unspecified atom stereocenters. The molecule has 1 aliphatic heterocycles. The lowest BCUT2D eigenvalue weighted by molar-refractivity contribution is 0.268. The number of pyridine rings is 1. The van der Waals surface area contributed by atoms with Crippen LogP contribution in [-0.2, 0) is 6.54 Å². The van der Waals surface area contributed by atoms with Crippen LogP contribution in [0.4, 0.5) is 0 Å². The molecule has 3 heterocycles. The Labute approximate surface area is 188 Å². The number of rotatable bonds is 6. The van der Waals surface area contributed by atoms with Crippen molar-refractivity contribution in [3.63, 3.8) is 0 Å². The van der Waals surface area contributed by atoms with Gasteiger partial charge in [0, 0.05) is 36.4 Å². The Morgan fingerprint density at radius 3 is 2.47 bits per heavy atom. The van der Waals surface area contributed by atoms with Gasteiger partial charge >= 0.3 is 0 Å². The molecule has 4 aromatic rings. The van der Waals surface area contributed by atoms with Gasteiger partial charge in [-0.15, -0.1) is 0 Å². The van der Waals surface area contributed by atoms with Crippen LogP contribution in [-0.4, -0.2) is 38.9 Å². The Kier molecular flexibility index (Phi) is 5.66. The van der Waals surface area contributed by atoms with E-state index in [0.29, 0.717) is 5.92 Å². The molecule has 32 heavy (non-hydrogen) atoms. The van der Waals surface area contributed by atoms with Crippen molar-refractivity contribution in [2.45, 2.75) is 33.2 Å². The highest BCUT2D eigenvalue weighted by Crippen LogP contribution is 2.22. The molecule has 2 aromatic carbocycles. The molecule has 5 nitrogen and oxygen atoms in total. The first-order chi connectivity index (χ1) is 15.6. The van der Waals surface area contributed by atoms with E-state index in [1.807, 2.05) is 24.5 Å². The second-order valence-electron chi connectivity index (χ2n) is 9.17. The van der Waals surface area contributed by atoms with Gasteiger partial charge in [0.25, 0.3) is 5.56 Å². The van der Waals surface area contributed by atoms with Gasteiger partial charge in [-0.1, -0.05) is 36.8 Å². The van der Waals surface area contributed by atoms with Gasteiger partial charge in [-0.3, -0.25) is 14.0 Å². The van der Waals surface area contributed by atoms with Crippen LogP contribution >= 0.6 is 0 Å². The van der Waals surface area contributed by atoms with E-state index in [-0.39, 0.29) is 5.56 Å². The summed E-state index contributed by atoms with van der Waals surface area (Å²) >= 11 is 0. The van der Waals surface area contributed by atoms with E-state index in [9.17, 15) is 4.79 Å². The smallest absolute Gasteiger partial charge is 0.255 e. The Morgan fingerprint density at radius 2 is 1.72 bits per heavy atom. The highest BCUT2D eigenvalue weighted by Gasteiger charge is 2.16. The lowest BCUT2D eigenvalue weighted by atomic mass is 10.1. The van der Waals surface area contributed by atoms with Crippen molar-refractivity contribution in [1.29, 1.82) is 0 Å². The fourth-order valence-corrected chi connectivity index (χ4v) is 4.75. The van der Waals surface area contributed by atoms with E-state index in [1.54, 1.807) is 10.6 Å². The van der Waals surface area contributed by atoms with Crippen LogP contribution in [0.2, 0.25) is 0 Å². The predicted octanol–water partition coefficient (Wildman–Crippen LogP) is 4.89. The number of hydrogen-bond acceptors (Lipinski definition) is 3. The molecule has 5 heteroatoms. The molecule has 1 saturated heterocycles. The zero-order valence-corrected chi connectivity index (χ0v) is 18.9. The normalized spacial score (nSPS) is 15.4. The summed E-state index contributed by atoms with van der Waals surface area (Å²) in [6.45, 7) is 8.85. The van der Waals surface area contributed by atoms with E-state index >= 15 is 0 Å². The highest BCUT2D eigenvalue weighted by molar-refractivity contribution is 5.81. The topological polar surface area (TPSA) is 43.1 Å². The molecule has 0 N–H and O–H groups in total. The van der Waals surface area contributed by atoms with Crippen LogP contribution in [0.5, 0.6) is 0 Å². The largest absolute Gasteiger partial charge is 0.303 e. The van der Waals surface area contributed by atoms with Crippen LogP contribution in [0.15, 0.2) is 71.8 Å². The first kappa shape index (κ1) is 20.7. The first-order valence-corrected chi connectivity index (χ1v) is 11.5. The van der Waals surface area contributed by atoms with Crippen LogP contribution in [0.1, 0.15) is 25.3 Å². The summed E-state index contributed by atoms with van der Waals surface area (Å²) < 4.78 is 3.80. The summed E-state index contributed by atoms with van der Waals surface area (Å²) in [6.07, 6.45) is 6.42. The van der Waals surface area contributed by atoms with Gasteiger partial charge in [-0.25, -0.2) is 0 Å². The van der Waals surface area contributed by atoms with E-state index in [0.717, 1.165) is 40.8 Å². The molecule has 1 atom stereocenters. The Bertz CT molecular complexity index is 1280. The fraction of sp³-hybridized carbons (Fsp3) is 0.333. The number of nitrogens with zero attached hydrogens (tertiary/aromatic N) is 4. The van der Waals surface area contributed by atoms with Crippen molar-refractivity contribution in [1.82, 2.24) is 19.2 Å². The molecule has 164 valence electrons. The molecule has 0 radical (unpaired) electrons. The van der Waals surface area contributed by atoms with E-state index in [4.69, 9.17) is 0 Å². The summed E-state index contributed by atoms with van der Waals surface area (Å²) in [5, 5.41) is 5.70. The minimum atomic E-state index is -0.0333. The van der Waals surface area contributed by atoms with Crippen molar-refractivity contribution in [2.75, 3.05) is 19.6 Å². The molecule has 0 amide bonds. The number of fused-ring (bicyclic) bond motifs is 1. The van der Waals surface area contributed by atoms with Crippen LogP contribution in [0.3, 0.4) is 0 Å². The molecule has 0 saturated carbocycles. The average molecular weight is 427 g/mol. The molecule has 0 aliphatic carbocycles. The van der Waals surface area contributed by atoms with Gasteiger partial charge in [0.2, 0.25) is 0 Å². The van der Waals surface area contributed by atoms with E-state index in [2.05, 4.69) is 64.9 Å². The van der Waals surface area contributed by atoms with Crippen molar-refractivity contribution >= 4 is 10.9 Å². The summed E-state index contributed by atoms with van der Waals surface area (Å²) in [5.74, 6) is 0.549. The molecule has 2 aromatic heterocycles. The number of likely N-dealkylation sites (tertiary alicyclic amines) is 1. The Morgan fingerprint density at radius 1 is 0.938 bits per heavy atom. The minimum Gasteiger partial charge on any atom is -0.303 e. The van der Waals surface area contributed by atoms with Gasteiger partial charge in [0.1, 0.15) is 0 Å². The van der Waals surface area contributed by atoms with Crippen molar-refractivity contribution < 1.29 is 0 Å². The number of benzene rings is 2. The summed E-state index contributed by atoms with van der Waals surface area (Å²) in [6, 6.07) is 18.1. The number of aryl methyl sites for hydroxylation is 1. The maximum Gasteiger partial charge on any atom is 0.255 e. The Hall–Kier alpha value is -3.18. The van der Waals surface area contributed by atoms with Crippen molar-refractivity contribution in [2.24, 2.45) is 5.92 Å². The SMILES string of the molecule is Cc1ccc(-c2ccn(-c3ccc4c(cnn4C[C@H](C)CN4CCCC4)c3)c(=O)c2)cc1. The molecule has 0 bridgehead atoms. The second-order valence-corrected chi connectivity index (χ2v) is 9.17. The molecule has 1 aliphatic rings. The van der Waals surface area contributed by atoms with Gasteiger partial charge in [0.05, 0.1) is 11.7 Å². The maximum absolute atomic E-state index is 12.9. The van der Waals surface area contributed by atoms with Crippen LogP contribution < -0.4 is 5.56 Å². The third kappa shape index (κ3) is 4.26. The summed E-state index contributed by atoms with van der Waals surface area (Å²) in [7, 11) is 0. The zero-order valence-electron chi connectivity index (χ0n) is 18.9. The Balaban J connectivity index is 1.37. The first-order valence-electron chi connectivity index (χ1n) is 11.5. The fourth-order valence-electron chi connectivity index (χ4n) is 4.75. The van der Waals surface area contributed by atoms with Gasteiger partial charge < -0.3 is 4.90 Å². The third-order valence-electron chi connectivity index (χ3n) is 6.46. The summed E-state index contributed by atoms with van der Waals surface area (Å²) in [4.78, 5) is 15.4. The van der Waals surface area contributed by atoms with Crippen LogP contribution in [0, 0.1) is 12.8 Å². The van der Waals surface area contributed by atoms with Gasteiger partial charge in [-0.2, -0.15) is 5.10 Å². The van der Waals surface area contributed by atoms with E-state index in [1.165, 1.54) is 31.5 Å². The minimum absolute atomic E-state index is 0.0333. The third-order valence-corrected chi connectivity index (χ3v) is 6.46. The monoisotopic (exact) mass is 426 g/mol. The van der Waals surface area contributed by atoms with E-state index < -0.39 is 0 Å². The average Bonchev–Trinajstić information content (AvgIpc) is 3.44. The number of hydrogen-bond donors (Lipinski definition) is 0. The lowest BCUT2D eigenvalue weighted by Gasteiger charge is -2.20. The van der Waals surface area contributed by atoms with Gasteiger partial charge in [-0.05, 0) is 74.2 Å². The standard InChI is InChI=1S/C27H30N4O/c1-20-5-7-22(8-6-20)23-11-14-30(27(32)16-23)25-9-10-26-24(15-25)17-28-31(26)19-21(2)18-29-12-3-4-13-29/h5-11,14-17,21H,3-4,12-13,18-19H2,1-2H3/t21-/m1/s1. The molecular weight excluding hydrogens is 396 g/mol. The van der Waals surface area contributed by atoms with Gasteiger partial charge in [0.15, 0.2) is 0 Å². The highest BCUT2D eigenvalue weighted by atomic mass is 16.1. The second kappa shape index (κ2) is 8.75.